The van der Waals surface area contributed by atoms with Gasteiger partial charge in [-0.1, -0.05) is 0 Å². The van der Waals surface area contributed by atoms with Crippen LogP contribution >= 0.6 is 0 Å². The van der Waals surface area contributed by atoms with Crippen LogP contribution in [0.4, 0.5) is 0 Å². The molecule has 2 rings (SSSR count). The van der Waals surface area contributed by atoms with Crippen LogP contribution < -0.4 is 0 Å². The third kappa shape index (κ3) is 2.72. The molecule has 1 atom stereocenters. The SMILES string of the molecule is CC1(C)C(CCO)CCCN1Cc1ccco1. The highest BCUT2D eigenvalue weighted by molar-refractivity contribution is 5.01. The van der Waals surface area contributed by atoms with Gasteiger partial charge in [0.05, 0.1) is 12.8 Å². The largest absolute Gasteiger partial charge is 0.468 e. The third-order valence-electron chi connectivity index (χ3n) is 4.20. The molecule has 1 aliphatic rings. The second kappa shape index (κ2) is 5.23. The van der Waals surface area contributed by atoms with Gasteiger partial charge in [0.25, 0.3) is 0 Å². The van der Waals surface area contributed by atoms with Crippen LogP contribution in [-0.2, 0) is 6.54 Å². The Morgan fingerprint density at radius 1 is 1.53 bits per heavy atom. The molecule has 1 fully saturated rings. The van der Waals surface area contributed by atoms with Gasteiger partial charge in [-0.3, -0.25) is 4.90 Å². The topological polar surface area (TPSA) is 36.6 Å². The molecule has 0 spiro atoms. The normalized spacial score (nSPS) is 25.0. The zero-order valence-electron chi connectivity index (χ0n) is 10.9. The Morgan fingerprint density at radius 2 is 2.35 bits per heavy atom. The van der Waals surface area contributed by atoms with Crippen molar-refractivity contribution in [3.05, 3.63) is 24.2 Å². The van der Waals surface area contributed by atoms with E-state index in [4.69, 9.17) is 9.52 Å². The van der Waals surface area contributed by atoms with Crippen LogP contribution in [0.1, 0.15) is 38.9 Å². The maximum absolute atomic E-state index is 9.16. The number of aliphatic hydroxyl groups excluding tert-OH is 1. The van der Waals surface area contributed by atoms with Crippen molar-refractivity contribution >= 4 is 0 Å². The third-order valence-corrected chi connectivity index (χ3v) is 4.20. The summed E-state index contributed by atoms with van der Waals surface area (Å²) < 4.78 is 5.43. The quantitative estimate of drug-likeness (QED) is 0.874. The van der Waals surface area contributed by atoms with Crippen LogP contribution in [-0.4, -0.2) is 28.7 Å². The molecule has 1 N–H and O–H groups in total. The Hall–Kier alpha value is -0.800. The second-order valence-electron chi connectivity index (χ2n) is 5.51. The lowest BCUT2D eigenvalue weighted by Crippen LogP contribution is -2.52. The Kier molecular flexibility index (Phi) is 3.89. The van der Waals surface area contributed by atoms with Crippen molar-refractivity contribution < 1.29 is 9.52 Å². The Balaban J connectivity index is 2.05. The molecular formula is C14H23NO2. The number of likely N-dealkylation sites (tertiary alicyclic amines) is 1. The van der Waals surface area contributed by atoms with E-state index in [1.165, 1.54) is 12.8 Å². The van der Waals surface area contributed by atoms with Crippen LogP contribution in [0.15, 0.2) is 22.8 Å². The summed E-state index contributed by atoms with van der Waals surface area (Å²) >= 11 is 0. The first kappa shape index (κ1) is 12.7. The molecule has 3 nitrogen and oxygen atoms in total. The monoisotopic (exact) mass is 237 g/mol. The van der Waals surface area contributed by atoms with Gasteiger partial charge < -0.3 is 9.52 Å². The number of aliphatic hydroxyl groups is 1. The van der Waals surface area contributed by atoms with Gasteiger partial charge in [0.1, 0.15) is 5.76 Å². The van der Waals surface area contributed by atoms with E-state index in [9.17, 15) is 0 Å². The van der Waals surface area contributed by atoms with Crippen molar-refractivity contribution in [3.8, 4) is 0 Å². The molecule has 0 bridgehead atoms. The molecule has 0 radical (unpaired) electrons. The van der Waals surface area contributed by atoms with Crippen LogP contribution in [0.2, 0.25) is 0 Å². The van der Waals surface area contributed by atoms with E-state index < -0.39 is 0 Å². The number of nitrogens with zero attached hydrogens (tertiary/aromatic N) is 1. The maximum atomic E-state index is 9.16. The number of piperidine rings is 1. The first-order valence-electron chi connectivity index (χ1n) is 6.53. The molecule has 1 saturated heterocycles. The van der Waals surface area contributed by atoms with E-state index in [2.05, 4.69) is 18.7 Å². The van der Waals surface area contributed by atoms with Gasteiger partial charge in [-0.05, 0) is 57.7 Å². The van der Waals surface area contributed by atoms with Crippen LogP contribution in [0.3, 0.4) is 0 Å². The van der Waals surface area contributed by atoms with Gasteiger partial charge in [-0.15, -0.1) is 0 Å². The molecule has 2 heterocycles. The molecule has 96 valence electrons. The lowest BCUT2D eigenvalue weighted by molar-refractivity contribution is 0.000496. The van der Waals surface area contributed by atoms with Gasteiger partial charge in [0.15, 0.2) is 0 Å². The minimum Gasteiger partial charge on any atom is -0.468 e. The van der Waals surface area contributed by atoms with E-state index in [0.717, 1.165) is 25.3 Å². The van der Waals surface area contributed by atoms with E-state index >= 15 is 0 Å². The zero-order valence-corrected chi connectivity index (χ0v) is 10.9. The summed E-state index contributed by atoms with van der Waals surface area (Å²) in [5.74, 6) is 1.61. The molecule has 1 aliphatic heterocycles. The highest BCUT2D eigenvalue weighted by Gasteiger charge is 2.38. The minimum atomic E-state index is 0.147. The first-order chi connectivity index (χ1) is 8.14. The lowest BCUT2D eigenvalue weighted by Gasteiger charge is -2.48. The predicted molar refractivity (Wildman–Crippen MR) is 67.6 cm³/mol. The summed E-state index contributed by atoms with van der Waals surface area (Å²) in [5.41, 5.74) is 0.147. The average molecular weight is 237 g/mol. The summed E-state index contributed by atoms with van der Waals surface area (Å²) in [6.45, 7) is 6.87. The second-order valence-corrected chi connectivity index (χ2v) is 5.51. The van der Waals surface area contributed by atoms with Crippen molar-refractivity contribution in [1.82, 2.24) is 4.90 Å². The van der Waals surface area contributed by atoms with Gasteiger partial charge >= 0.3 is 0 Å². The van der Waals surface area contributed by atoms with E-state index in [-0.39, 0.29) is 5.54 Å². The number of furan rings is 1. The molecule has 1 unspecified atom stereocenters. The molecule has 1 aromatic rings. The van der Waals surface area contributed by atoms with Gasteiger partial charge in [0, 0.05) is 12.1 Å². The fourth-order valence-electron chi connectivity index (χ4n) is 2.95. The standard InChI is InChI=1S/C14H23NO2/c1-14(2)12(7-9-16)5-3-8-15(14)11-13-6-4-10-17-13/h4,6,10,12,16H,3,5,7-9,11H2,1-2H3. The average Bonchev–Trinajstić information content (AvgIpc) is 2.77. The number of hydrogen-bond donors (Lipinski definition) is 1. The molecule has 0 aromatic carbocycles. The van der Waals surface area contributed by atoms with Gasteiger partial charge in [-0.2, -0.15) is 0 Å². The van der Waals surface area contributed by atoms with Gasteiger partial charge in [-0.25, -0.2) is 0 Å². The van der Waals surface area contributed by atoms with Crippen molar-refractivity contribution in [3.63, 3.8) is 0 Å². The van der Waals surface area contributed by atoms with Crippen molar-refractivity contribution in [2.75, 3.05) is 13.2 Å². The van der Waals surface area contributed by atoms with Crippen LogP contribution in [0, 0.1) is 5.92 Å². The molecule has 17 heavy (non-hydrogen) atoms. The Bertz CT molecular complexity index is 330. The minimum absolute atomic E-state index is 0.147. The number of hydrogen-bond acceptors (Lipinski definition) is 3. The van der Waals surface area contributed by atoms with Crippen molar-refractivity contribution in [2.45, 2.75) is 45.2 Å². The number of rotatable bonds is 4. The first-order valence-corrected chi connectivity index (χ1v) is 6.53. The lowest BCUT2D eigenvalue weighted by atomic mass is 9.77. The fourth-order valence-corrected chi connectivity index (χ4v) is 2.95. The zero-order chi connectivity index (χ0) is 12.3. The Morgan fingerprint density at radius 3 is 3.00 bits per heavy atom. The Labute approximate surface area is 103 Å². The molecule has 0 saturated carbocycles. The maximum Gasteiger partial charge on any atom is 0.117 e. The van der Waals surface area contributed by atoms with Crippen LogP contribution in [0.5, 0.6) is 0 Å². The summed E-state index contributed by atoms with van der Waals surface area (Å²) in [7, 11) is 0. The highest BCUT2D eigenvalue weighted by atomic mass is 16.3. The van der Waals surface area contributed by atoms with Crippen molar-refractivity contribution in [2.24, 2.45) is 5.92 Å². The predicted octanol–water partition coefficient (Wildman–Crippen LogP) is 2.65. The molecule has 3 heteroatoms. The highest BCUT2D eigenvalue weighted by Crippen LogP contribution is 2.36. The summed E-state index contributed by atoms with van der Waals surface area (Å²) in [6, 6.07) is 3.98. The van der Waals surface area contributed by atoms with E-state index in [1.54, 1.807) is 6.26 Å². The molecule has 0 aliphatic carbocycles. The smallest absolute Gasteiger partial charge is 0.117 e. The van der Waals surface area contributed by atoms with Gasteiger partial charge in [0.2, 0.25) is 0 Å². The van der Waals surface area contributed by atoms with Crippen molar-refractivity contribution in [1.29, 1.82) is 0 Å². The molecular weight excluding hydrogens is 214 g/mol. The van der Waals surface area contributed by atoms with Crippen LogP contribution in [0.25, 0.3) is 0 Å². The molecule has 0 amide bonds. The summed E-state index contributed by atoms with van der Waals surface area (Å²) in [5, 5.41) is 9.16. The van der Waals surface area contributed by atoms with E-state index in [0.29, 0.717) is 12.5 Å². The molecule has 1 aromatic heterocycles. The summed E-state index contributed by atoms with van der Waals surface area (Å²) in [4.78, 5) is 2.48. The fraction of sp³-hybridized carbons (Fsp3) is 0.714. The van der Waals surface area contributed by atoms with E-state index in [1.807, 2.05) is 12.1 Å². The summed E-state index contributed by atoms with van der Waals surface area (Å²) in [6.07, 6.45) is 5.08.